The Morgan fingerprint density at radius 2 is 1.13 bits per heavy atom. The Hall–Kier alpha value is -2.96. The maximum atomic E-state index is 11.9. The third-order valence-corrected chi connectivity index (χ3v) is 5.40. The van der Waals surface area contributed by atoms with Gasteiger partial charge in [-0.3, -0.25) is 0 Å². The minimum absolute atomic E-state index is 0.0578. The highest BCUT2D eigenvalue weighted by atomic mass is 35.5. The highest BCUT2D eigenvalue weighted by molar-refractivity contribution is 6.33. The highest BCUT2D eigenvalue weighted by Gasteiger charge is 2.29. The van der Waals surface area contributed by atoms with Crippen molar-refractivity contribution in [3.05, 3.63) is 80.1 Å². The van der Waals surface area contributed by atoms with Crippen LogP contribution in [0.3, 0.4) is 0 Å². The number of nitrogens with one attached hydrogen (secondary N) is 2. The Morgan fingerprint density at radius 1 is 0.767 bits per heavy atom. The van der Waals surface area contributed by atoms with Crippen LogP contribution < -0.4 is 10.6 Å². The third kappa shape index (κ3) is 4.78. The molecular formula is C22H20Cl2N2O4. The summed E-state index contributed by atoms with van der Waals surface area (Å²) in [5, 5.41) is 26.4. The van der Waals surface area contributed by atoms with Gasteiger partial charge in [-0.05, 0) is 49.2 Å². The summed E-state index contributed by atoms with van der Waals surface area (Å²) in [6.45, 7) is 3.77. The largest absolute Gasteiger partial charge is 0.478 e. The van der Waals surface area contributed by atoms with Crippen molar-refractivity contribution in [2.24, 2.45) is 0 Å². The zero-order valence-electron chi connectivity index (χ0n) is 16.3. The van der Waals surface area contributed by atoms with Gasteiger partial charge in [0, 0.05) is 24.2 Å². The fourth-order valence-electron chi connectivity index (χ4n) is 3.20. The van der Waals surface area contributed by atoms with E-state index in [2.05, 4.69) is 10.6 Å². The SMILES string of the molecule is Cc1ccc(NC2=C(C(=O)O)CC(Nc3ccc(C)cc3Cl)=C(C(=O)O)C2)c(Cl)c1. The summed E-state index contributed by atoms with van der Waals surface area (Å²) >= 11 is 12.5. The van der Waals surface area contributed by atoms with E-state index in [4.69, 9.17) is 23.2 Å². The monoisotopic (exact) mass is 446 g/mol. The number of rotatable bonds is 6. The first kappa shape index (κ1) is 21.7. The molecule has 2 aromatic rings. The van der Waals surface area contributed by atoms with Gasteiger partial charge in [0.15, 0.2) is 0 Å². The van der Waals surface area contributed by atoms with Crippen LogP contribution in [0.15, 0.2) is 58.9 Å². The fourth-order valence-corrected chi connectivity index (χ4v) is 3.76. The zero-order valence-corrected chi connectivity index (χ0v) is 17.9. The molecule has 0 atom stereocenters. The molecule has 8 heteroatoms. The number of allylic oxidation sites excluding steroid dienone is 2. The van der Waals surface area contributed by atoms with Gasteiger partial charge >= 0.3 is 11.9 Å². The van der Waals surface area contributed by atoms with Crippen LogP contribution in [0.5, 0.6) is 0 Å². The number of carboxylic acid groups (broad SMARTS) is 2. The molecule has 0 heterocycles. The van der Waals surface area contributed by atoms with Gasteiger partial charge in [-0.25, -0.2) is 9.59 Å². The van der Waals surface area contributed by atoms with Crippen molar-refractivity contribution in [1.82, 2.24) is 0 Å². The molecule has 156 valence electrons. The smallest absolute Gasteiger partial charge is 0.333 e. The number of carbonyl (C=O) groups is 2. The molecule has 0 saturated carbocycles. The van der Waals surface area contributed by atoms with E-state index >= 15 is 0 Å². The number of halogens is 2. The number of carboxylic acids is 2. The second-order valence-electron chi connectivity index (χ2n) is 7.09. The van der Waals surface area contributed by atoms with E-state index in [-0.39, 0.29) is 35.4 Å². The minimum Gasteiger partial charge on any atom is -0.478 e. The number of hydrogen-bond donors (Lipinski definition) is 4. The quantitative estimate of drug-likeness (QED) is 0.460. The van der Waals surface area contributed by atoms with Crippen LogP contribution in [-0.4, -0.2) is 22.2 Å². The zero-order chi connectivity index (χ0) is 22.0. The normalized spacial score (nSPS) is 14.0. The predicted octanol–water partition coefficient (Wildman–Crippen LogP) is 5.61. The van der Waals surface area contributed by atoms with Crippen LogP contribution >= 0.6 is 23.2 Å². The van der Waals surface area contributed by atoms with Gasteiger partial charge in [0.2, 0.25) is 0 Å². The Balaban J connectivity index is 1.97. The molecule has 3 rings (SSSR count). The number of benzene rings is 2. The molecule has 6 nitrogen and oxygen atoms in total. The van der Waals surface area contributed by atoms with Crippen LogP contribution in [0.2, 0.25) is 10.0 Å². The molecule has 0 amide bonds. The van der Waals surface area contributed by atoms with E-state index in [1.807, 2.05) is 26.0 Å². The molecule has 0 aliphatic heterocycles. The van der Waals surface area contributed by atoms with E-state index in [1.54, 1.807) is 24.3 Å². The molecule has 0 bridgehead atoms. The van der Waals surface area contributed by atoms with Gasteiger partial charge in [0.05, 0.1) is 32.6 Å². The van der Waals surface area contributed by atoms with Gasteiger partial charge in [0.1, 0.15) is 0 Å². The lowest BCUT2D eigenvalue weighted by atomic mass is 9.92. The average molecular weight is 447 g/mol. The van der Waals surface area contributed by atoms with Crippen molar-refractivity contribution >= 4 is 46.5 Å². The molecule has 0 saturated heterocycles. The molecular weight excluding hydrogens is 427 g/mol. The molecule has 0 unspecified atom stereocenters. The van der Waals surface area contributed by atoms with E-state index in [1.165, 1.54) is 0 Å². The summed E-state index contributed by atoms with van der Waals surface area (Å²) in [6.07, 6.45) is -0.208. The summed E-state index contributed by atoms with van der Waals surface area (Å²) in [5.41, 5.74) is 3.61. The van der Waals surface area contributed by atoms with Crippen molar-refractivity contribution in [2.45, 2.75) is 26.7 Å². The first-order valence-electron chi connectivity index (χ1n) is 9.12. The molecule has 0 spiro atoms. The fraction of sp³-hybridized carbons (Fsp3) is 0.182. The van der Waals surface area contributed by atoms with E-state index in [9.17, 15) is 19.8 Å². The van der Waals surface area contributed by atoms with E-state index in [0.29, 0.717) is 21.4 Å². The molecule has 1 aliphatic carbocycles. The van der Waals surface area contributed by atoms with Crippen molar-refractivity contribution in [3.8, 4) is 0 Å². The van der Waals surface area contributed by atoms with E-state index in [0.717, 1.165) is 11.1 Å². The van der Waals surface area contributed by atoms with Crippen molar-refractivity contribution < 1.29 is 19.8 Å². The standard InChI is InChI=1S/C22H20Cl2N2O4/c1-11-3-5-17(15(23)7-11)25-19-9-14(22(29)30)20(10-13(19)21(27)28)26-18-6-4-12(2)8-16(18)24/h3-8,25-26H,9-10H2,1-2H3,(H,27,28)(H,29,30). The lowest BCUT2D eigenvalue weighted by Crippen LogP contribution is -2.23. The summed E-state index contributed by atoms with van der Waals surface area (Å²) in [7, 11) is 0. The van der Waals surface area contributed by atoms with Gasteiger partial charge in [-0.1, -0.05) is 35.3 Å². The van der Waals surface area contributed by atoms with Crippen molar-refractivity contribution in [3.63, 3.8) is 0 Å². The molecule has 1 aliphatic rings. The summed E-state index contributed by atoms with van der Waals surface area (Å²) in [5.74, 6) is -2.28. The maximum Gasteiger partial charge on any atom is 0.333 e. The van der Waals surface area contributed by atoms with Gasteiger partial charge in [-0.15, -0.1) is 0 Å². The van der Waals surface area contributed by atoms with Gasteiger partial charge in [-0.2, -0.15) is 0 Å². The third-order valence-electron chi connectivity index (χ3n) is 4.77. The van der Waals surface area contributed by atoms with Crippen LogP contribution in [-0.2, 0) is 9.59 Å². The Labute approximate surface area is 183 Å². The first-order valence-corrected chi connectivity index (χ1v) is 9.88. The summed E-state index contributed by atoms with van der Waals surface area (Å²) in [4.78, 5) is 23.9. The van der Waals surface area contributed by atoms with Crippen LogP contribution in [0.25, 0.3) is 0 Å². The number of aryl methyl sites for hydroxylation is 2. The number of anilines is 2. The molecule has 0 fully saturated rings. The van der Waals surface area contributed by atoms with Crippen LogP contribution in [0.4, 0.5) is 11.4 Å². The molecule has 0 aromatic heterocycles. The highest BCUT2D eigenvalue weighted by Crippen LogP contribution is 2.35. The Bertz CT molecular complexity index is 1020. The lowest BCUT2D eigenvalue weighted by Gasteiger charge is -2.25. The second kappa shape index (κ2) is 8.81. The average Bonchev–Trinajstić information content (AvgIpc) is 2.66. The number of aliphatic carboxylic acids is 2. The Morgan fingerprint density at radius 3 is 1.43 bits per heavy atom. The molecule has 4 N–H and O–H groups in total. The predicted molar refractivity (Wildman–Crippen MR) is 118 cm³/mol. The maximum absolute atomic E-state index is 11.9. The molecule has 30 heavy (non-hydrogen) atoms. The van der Waals surface area contributed by atoms with Crippen LogP contribution in [0, 0.1) is 13.8 Å². The van der Waals surface area contributed by atoms with Crippen LogP contribution in [0.1, 0.15) is 24.0 Å². The lowest BCUT2D eigenvalue weighted by molar-refractivity contribution is -0.134. The Kier molecular flexibility index (Phi) is 6.39. The first-order chi connectivity index (χ1) is 14.2. The number of hydrogen-bond acceptors (Lipinski definition) is 4. The van der Waals surface area contributed by atoms with E-state index < -0.39 is 11.9 Å². The van der Waals surface area contributed by atoms with Gasteiger partial charge in [0.25, 0.3) is 0 Å². The molecule has 2 aromatic carbocycles. The summed E-state index contributed by atoms with van der Waals surface area (Å²) < 4.78 is 0. The van der Waals surface area contributed by atoms with Gasteiger partial charge < -0.3 is 20.8 Å². The van der Waals surface area contributed by atoms with Crippen molar-refractivity contribution in [2.75, 3.05) is 10.6 Å². The second-order valence-corrected chi connectivity index (χ2v) is 7.91. The van der Waals surface area contributed by atoms with Crippen molar-refractivity contribution in [1.29, 1.82) is 0 Å². The minimum atomic E-state index is -1.14. The molecule has 0 radical (unpaired) electrons. The topological polar surface area (TPSA) is 98.7 Å². The summed E-state index contributed by atoms with van der Waals surface area (Å²) in [6, 6.07) is 10.6.